The van der Waals surface area contributed by atoms with E-state index in [4.69, 9.17) is 4.74 Å². The number of aromatic nitrogens is 1. The van der Waals surface area contributed by atoms with E-state index in [9.17, 15) is 19.1 Å². The molecule has 9 heteroatoms. The summed E-state index contributed by atoms with van der Waals surface area (Å²) in [6.45, 7) is 2.28. The molecule has 2 aromatic carbocycles. The number of likely N-dealkylation sites (tertiary alicyclic amines) is 1. The van der Waals surface area contributed by atoms with Crippen LogP contribution in [-0.2, 0) is 22.6 Å². The van der Waals surface area contributed by atoms with Crippen molar-refractivity contribution in [3.63, 3.8) is 0 Å². The molecule has 0 spiro atoms. The molecule has 0 aliphatic carbocycles. The first-order valence-electron chi connectivity index (χ1n) is 11.9. The van der Waals surface area contributed by atoms with Crippen molar-refractivity contribution in [3.8, 4) is 5.75 Å². The normalized spacial score (nSPS) is 17.0. The van der Waals surface area contributed by atoms with Crippen LogP contribution < -0.4 is 10.1 Å². The van der Waals surface area contributed by atoms with Gasteiger partial charge in [-0.3, -0.25) is 9.59 Å². The predicted molar refractivity (Wildman–Crippen MR) is 135 cm³/mol. The lowest BCUT2D eigenvalue weighted by molar-refractivity contribution is -0.148. The summed E-state index contributed by atoms with van der Waals surface area (Å²) < 4.78 is 18.9. The molecule has 0 bridgehead atoms. The summed E-state index contributed by atoms with van der Waals surface area (Å²) >= 11 is 1.38. The first kappa shape index (κ1) is 25.8. The first-order valence-corrected chi connectivity index (χ1v) is 12.8. The van der Waals surface area contributed by atoms with Gasteiger partial charge in [0.15, 0.2) is 0 Å². The maximum Gasteiger partial charge on any atom is 0.252 e. The highest BCUT2D eigenvalue weighted by molar-refractivity contribution is 7.09. The number of aliphatic hydroxyl groups is 1. The maximum atomic E-state index is 13.6. The number of amides is 2. The van der Waals surface area contributed by atoms with Gasteiger partial charge in [-0.15, -0.1) is 11.3 Å². The van der Waals surface area contributed by atoms with E-state index in [0.29, 0.717) is 29.3 Å². The number of carbonyl (C=O) groups is 2. The number of rotatable bonds is 9. The van der Waals surface area contributed by atoms with E-state index in [2.05, 4.69) is 10.3 Å². The van der Waals surface area contributed by atoms with Crippen LogP contribution in [0.25, 0.3) is 0 Å². The summed E-state index contributed by atoms with van der Waals surface area (Å²) in [6.07, 6.45) is 0.651. The zero-order valence-corrected chi connectivity index (χ0v) is 21.1. The Hall–Kier alpha value is -3.30. The Morgan fingerprint density at radius 3 is 2.81 bits per heavy atom. The van der Waals surface area contributed by atoms with Gasteiger partial charge in [-0.2, -0.15) is 0 Å². The Morgan fingerprint density at radius 1 is 1.28 bits per heavy atom. The molecule has 1 saturated heterocycles. The second-order valence-electron chi connectivity index (χ2n) is 8.92. The summed E-state index contributed by atoms with van der Waals surface area (Å²) in [4.78, 5) is 32.0. The fraction of sp³-hybridized carbons (Fsp3) is 0.370. The third-order valence-corrected chi connectivity index (χ3v) is 7.39. The Morgan fingerprint density at radius 2 is 2.06 bits per heavy atom. The van der Waals surface area contributed by atoms with Crippen LogP contribution in [0.3, 0.4) is 0 Å². The standard InChI is InChI=1S/C27H30FN3O4S/c1-17(25(32)27(34)31-12-6-9-22(31)18-7-4-3-5-8-18)26(33)29-15-24-30-21(16-36-24)14-19-13-20(28)10-11-23(19)35-2/h3-5,7-8,10-11,13,16-17,22,25,32H,6,9,12,14-15H2,1-2H3,(H,29,33)/t17-,22?,25-/m1/s1. The van der Waals surface area contributed by atoms with Gasteiger partial charge >= 0.3 is 0 Å². The molecule has 7 nitrogen and oxygen atoms in total. The van der Waals surface area contributed by atoms with Crippen molar-refractivity contribution in [2.24, 2.45) is 5.92 Å². The second kappa shape index (κ2) is 11.6. The zero-order valence-electron chi connectivity index (χ0n) is 20.3. The molecule has 0 saturated carbocycles. The summed E-state index contributed by atoms with van der Waals surface area (Å²) in [5.41, 5.74) is 2.45. The molecule has 2 N–H and O–H groups in total. The molecule has 1 fully saturated rings. The van der Waals surface area contributed by atoms with Crippen LogP contribution in [-0.4, -0.2) is 46.6 Å². The molecule has 0 radical (unpaired) electrons. The van der Waals surface area contributed by atoms with E-state index in [1.165, 1.54) is 30.6 Å². The van der Waals surface area contributed by atoms with Gasteiger partial charge in [-0.25, -0.2) is 9.37 Å². The van der Waals surface area contributed by atoms with Crippen molar-refractivity contribution >= 4 is 23.2 Å². The van der Waals surface area contributed by atoms with Crippen LogP contribution in [0.5, 0.6) is 5.75 Å². The number of methoxy groups -OCH3 is 1. The van der Waals surface area contributed by atoms with Crippen molar-refractivity contribution in [2.45, 2.75) is 44.9 Å². The van der Waals surface area contributed by atoms with Crippen LogP contribution in [0.15, 0.2) is 53.9 Å². The third-order valence-electron chi connectivity index (χ3n) is 6.49. The van der Waals surface area contributed by atoms with Crippen LogP contribution >= 0.6 is 11.3 Å². The van der Waals surface area contributed by atoms with Crippen molar-refractivity contribution in [3.05, 3.63) is 81.6 Å². The van der Waals surface area contributed by atoms with Crippen molar-refractivity contribution in [1.29, 1.82) is 0 Å². The predicted octanol–water partition coefficient (Wildman–Crippen LogP) is 3.86. The Kier molecular flexibility index (Phi) is 8.32. The van der Waals surface area contributed by atoms with Gasteiger partial charge < -0.3 is 20.1 Å². The molecule has 1 unspecified atom stereocenters. The number of halogens is 1. The minimum atomic E-state index is -1.43. The Labute approximate surface area is 213 Å². The number of hydrogen-bond donors (Lipinski definition) is 2. The molecule has 2 heterocycles. The number of benzene rings is 2. The highest BCUT2D eigenvalue weighted by Crippen LogP contribution is 2.33. The quantitative estimate of drug-likeness (QED) is 0.455. The fourth-order valence-electron chi connectivity index (χ4n) is 4.49. The second-order valence-corrected chi connectivity index (χ2v) is 9.86. The summed E-state index contributed by atoms with van der Waals surface area (Å²) in [5.74, 6) is -1.52. The van der Waals surface area contributed by atoms with Crippen LogP contribution in [0.1, 0.15) is 47.6 Å². The van der Waals surface area contributed by atoms with Crippen LogP contribution in [0.2, 0.25) is 0 Å². The largest absolute Gasteiger partial charge is 0.496 e. The van der Waals surface area contributed by atoms with Gasteiger partial charge in [-0.05, 0) is 36.6 Å². The van der Waals surface area contributed by atoms with E-state index in [1.54, 1.807) is 17.9 Å². The Bertz CT molecular complexity index is 1200. The van der Waals surface area contributed by atoms with Crippen molar-refractivity contribution in [1.82, 2.24) is 15.2 Å². The number of ether oxygens (including phenoxy) is 1. The van der Waals surface area contributed by atoms with Crippen molar-refractivity contribution in [2.75, 3.05) is 13.7 Å². The lowest BCUT2D eigenvalue weighted by Crippen LogP contribution is -2.46. The van der Waals surface area contributed by atoms with Crippen molar-refractivity contribution < 1.29 is 23.8 Å². The van der Waals surface area contributed by atoms with Crippen LogP contribution in [0, 0.1) is 11.7 Å². The molecule has 1 aliphatic rings. The molecule has 3 atom stereocenters. The summed E-state index contributed by atoms with van der Waals surface area (Å²) in [6, 6.07) is 14.0. The average molecular weight is 512 g/mol. The van der Waals surface area contributed by atoms with Gasteiger partial charge in [-0.1, -0.05) is 37.3 Å². The zero-order chi connectivity index (χ0) is 25.7. The maximum absolute atomic E-state index is 13.6. The van der Waals surface area contributed by atoms with Gasteiger partial charge in [0.05, 0.1) is 31.3 Å². The molecule has 3 aromatic rings. The molecule has 36 heavy (non-hydrogen) atoms. The molecule has 1 aliphatic heterocycles. The molecule has 1 aromatic heterocycles. The highest BCUT2D eigenvalue weighted by atomic mass is 32.1. The number of carbonyl (C=O) groups excluding carboxylic acids is 2. The topological polar surface area (TPSA) is 91.8 Å². The molecule has 190 valence electrons. The monoisotopic (exact) mass is 511 g/mol. The fourth-order valence-corrected chi connectivity index (χ4v) is 5.23. The number of nitrogens with one attached hydrogen (secondary N) is 1. The minimum Gasteiger partial charge on any atom is -0.496 e. The summed E-state index contributed by atoms with van der Waals surface area (Å²) in [7, 11) is 1.53. The SMILES string of the molecule is COc1ccc(F)cc1Cc1csc(CNC(=O)[C@H](C)[C@@H](O)C(=O)N2CCCC2c2ccccc2)n1. The molecule has 4 rings (SSSR count). The van der Waals surface area contributed by atoms with E-state index in [0.717, 1.165) is 24.1 Å². The third kappa shape index (κ3) is 5.91. The van der Waals surface area contributed by atoms with E-state index in [1.807, 2.05) is 35.7 Å². The molecule has 2 amide bonds. The minimum absolute atomic E-state index is 0.0888. The van der Waals surface area contributed by atoms with E-state index in [-0.39, 0.29) is 18.4 Å². The number of nitrogens with zero attached hydrogens (tertiary/aromatic N) is 2. The van der Waals surface area contributed by atoms with Gasteiger partial charge in [0, 0.05) is 23.9 Å². The smallest absolute Gasteiger partial charge is 0.252 e. The van der Waals surface area contributed by atoms with Crippen LogP contribution in [0.4, 0.5) is 4.39 Å². The average Bonchev–Trinajstić information content (AvgIpc) is 3.56. The number of hydrogen-bond acceptors (Lipinski definition) is 6. The molecular weight excluding hydrogens is 481 g/mol. The summed E-state index contributed by atoms with van der Waals surface area (Å²) in [5, 5.41) is 16.0. The lowest BCUT2D eigenvalue weighted by atomic mass is 10.0. The lowest BCUT2D eigenvalue weighted by Gasteiger charge is -2.29. The van der Waals surface area contributed by atoms with E-state index < -0.39 is 23.8 Å². The van der Waals surface area contributed by atoms with Gasteiger partial charge in [0.25, 0.3) is 5.91 Å². The first-order chi connectivity index (χ1) is 17.4. The van der Waals surface area contributed by atoms with Gasteiger partial charge in [0.1, 0.15) is 22.7 Å². The van der Waals surface area contributed by atoms with E-state index >= 15 is 0 Å². The molecular formula is C27H30FN3O4S. The highest BCUT2D eigenvalue weighted by Gasteiger charge is 2.37. The van der Waals surface area contributed by atoms with Gasteiger partial charge in [0.2, 0.25) is 5.91 Å². The number of aliphatic hydroxyl groups excluding tert-OH is 1. The Balaban J connectivity index is 1.32. The number of thiazole rings is 1.